The summed E-state index contributed by atoms with van der Waals surface area (Å²) in [4.78, 5) is 12.9. The molecule has 1 fully saturated rings. The molecule has 0 spiro atoms. The van der Waals surface area contributed by atoms with Crippen LogP contribution in [-0.2, 0) is 38.3 Å². The molecule has 1 aliphatic heterocycles. The van der Waals surface area contributed by atoms with Gasteiger partial charge in [-0.3, -0.25) is 9.35 Å². The average Bonchev–Trinajstić information content (AvgIpc) is 3.28. The molecule has 0 amide bonds. The highest BCUT2D eigenvalue weighted by molar-refractivity contribution is 7.80. The number of allylic oxidation sites excluding steroid dienone is 8. The smallest absolute Gasteiger partial charge is 0.397 e. The van der Waals surface area contributed by atoms with Crippen molar-refractivity contribution in [2.45, 2.75) is 250 Å². The molecule has 0 saturated carbocycles. The first-order valence-corrected chi connectivity index (χ1v) is 27.3. The summed E-state index contributed by atoms with van der Waals surface area (Å²) in [7, 11) is -5.07. The van der Waals surface area contributed by atoms with Crippen LogP contribution < -0.4 is 0 Å². The van der Waals surface area contributed by atoms with E-state index in [9.17, 15) is 33.1 Å². The summed E-state index contributed by atoms with van der Waals surface area (Å²) in [6, 6.07) is 0. The highest BCUT2D eigenvalue weighted by Crippen LogP contribution is 2.26. The fraction of sp³-hybridized carbons (Fsp3) is 0.827. The number of carbonyl (C=O) groups is 1. The van der Waals surface area contributed by atoms with Crippen LogP contribution in [0.15, 0.2) is 48.6 Å². The molecule has 0 radical (unpaired) electrons. The molecule has 1 rings (SSSR count). The van der Waals surface area contributed by atoms with Crippen LogP contribution in [0, 0.1) is 0 Å². The summed E-state index contributed by atoms with van der Waals surface area (Å²) >= 11 is 0. The summed E-state index contributed by atoms with van der Waals surface area (Å²) in [6.07, 6.45) is 44.2. The quantitative estimate of drug-likeness (QED) is 0.0197. The van der Waals surface area contributed by atoms with Crippen molar-refractivity contribution in [1.29, 1.82) is 0 Å². The van der Waals surface area contributed by atoms with Crippen LogP contribution in [0.2, 0.25) is 0 Å². The molecule has 1 saturated heterocycles. The lowest BCUT2D eigenvalue weighted by Gasteiger charge is -2.41. The van der Waals surface area contributed by atoms with Gasteiger partial charge in [0.05, 0.1) is 19.8 Å². The van der Waals surface area contributed by atoms with Gasteiger partial charge in [0.25, 0.3) is 0 Å². The zero-order valence-corrected chi connectivity index (χ0v) is 41.6. The molecule has 6 atom stereocenters. The number of rotatable bonds is 45. The highest BCUT2D eigenvalue weighted by Gasteiger charge is 2.48. The van der Waals surface area contributed by atoms with E-state index in [0.29, 0.717) is 13.0 Å². The van der Waals surface area contributed by atoms with E-state index in [0.717, 1.165) is 77.0 Å². The third-order valence-corrected chi connectivity index (χ3v) is 12.1. The molecule has 0 aromatic rings. The molecular formula is C52H94O12S. The zero-order chi connectivity index (χ0) is 47.5. The molecule has 12 nitrogen and oxygen atoms in total. The molecule has 380 valence electrons. The monoisotopic (exact) mass is 943 g/mol. The first-order chi connectivity index (χ1) is 31.6. The van der Waals surface area contributed by atoms with Crippen LogP contribution in [0.3, 0.4) is 0 Å². The number of esters is 1. The van der Waals surface area contributed by atoms with E-state index in [1.165, 1.54) is 109 Å². The van der Waals surface area contributed by atoms with Crippen molar-refractivity contribution < 1.29 is 56.2 Å². The first-order valence-electron chi connectivity index (χ1n) is 25.9. The number of carbonyl (C=O) groups excluding carboxylic acids is 1. The van der Waals surface area contributed by atoms with E-state index < -0.39 is 59.8 Å². The van der Waals surface area contributed by atoms with Crippen LogP contribution in [-0.4, -0.2) is 97.5 Å². The summed E-state index contributed by atoms with van der Waals surface area (Å²) in [5, 5.41) is 30.7. The van der Waals surface area contributed by atoms with Crippen molar-refractivity contribution in [2.24, 2.45) is 0 Å². The third-order valence-electron chi connectivity index (χ3n) is 11.7. The Hall–Kier alpha value is -1.94. The lowest BCUT2D eigenvalue weighted by Crippen LogP contribution is -2.60. The van der Waals surface area contributed by atoms with Gasteiger partial charge in [-0.05, 0) is 77.0 Å². The largest absolute Gasteiger partial charge is 0.457 e. The number of aliphatic hydroxyl groups is 3. The lowest BCUT2D eigenvalue weighted by molar-refractivity contribution is -0.301. The molecule has 4 N–H and O–H groups in total. The Morgan fingerprint density at radius 1 is 0.585 bits per heavy atom. The minimum atomic E-state index is -5.07. The van der Waals surface area contributed by atoms with Gasteiger partial charge in [0.15, 0.2) is 6.29 Å². The van der Waals surface area contributed by atoms with E-state index in [1.54, 1.807) is 0 Å². The van der Waals surface area contributed by atoms with Gasteiger partial charge >= 0.3 is 16.4 Å². The van der Waals surface area contributed by atoms with Gasteiger partial charge < -0.3 is 34.3 Å². The predicted octanol–water partition coefficient (Wildman–Crippen LogP) is 11.9. The predicted molar refractivity (Wildman–Crippen MR) is 262 cm³/mol. The molecule has 65 heavy (non-hydrogen) atoms. The number of hydrogen-bond acceptors (Lipinski definition) is 11. The van der Waals surface area contributed by atoms with Crippen LogP contribution in [0.1, 0.15) is 213 Å². The van der Waals surface area contributed by atoms with Crippen molar-refractivity contribution in [1.82, 2.24) is 0 Å². The minimum Gasteiger partial charge on any atom is -0.457 e. The normalized spacial score (nSPS) is 20.0. The van der Waals surface area contributed by atoms with E-state index in [4.69, 9.17) is 18.9 Å². The van der Waals surface area contributed by atoms with Crippen LogP contribution in [0.5, 0.6) is 0 Å². The number of hydrogen-bond donors (Lipinski definition) is 4. The summed E-state index contributed by atoms with van der Waals surface area (Å²) in [6.45, 7) is 3.96. The Morgan fingerprint density at radius 3 is 1.49 bits per heavy atom. The summed E-state index contributed by atoms with van der Waals surface area (Å²) in [5.74, 6) is -0.411. The standard InChI is InChI=1S/C52H94O12S/c1-3-5-7-9-11-13-15-17-19-21-22-23-24-25-26-28-30-32-34-36-38-40-42-60-44-46(45-61-52-50(56)51(64-65(57,58)59)49(55)47(43-53)63-52)62-48(54)41-39-37-35-33-31-29-27-20-18-16-14-12-10-8-6-4-2/h15,17,20-22,24-25,27,46-47,49-53,55-56H,3-14,16,18-19,23,26,28-45H2,1-2H3,(H,57,58,59)/b17-15-,22-21-,25-24-,27-20-. The Labute approximate surface area is 396 Å². The highest BCUT2D eigenvalue weighted by atomic mass is 32.3. The van der Waals surface area contributed by atoms with Gasteiger partial charge in [0, 0.05) is 13.0 Å². The van der Waals surface area contributed by atoms with Crippen molar-refractivity contribution >= 4 is 16.4 Å². The van der Waals surface area contributed by atoms with Gasteiger partial charge in [0.1, 0.15) is 30.5 Å². The van der Waals surface area contributed by atoms with E-state index in [-0.39, 0.29) is 19.6 Å². The number of unbranched alkanes of at least 4 members (excludes halogenated alkanes) is 24. The third kappa shape index (κ3) is 36.7. The van der Waals surface area contributed by atoms with Crippen molar-refractivity contribution in [3.05, 3.63) is 48.6 Å². The van der Waals surface area contributed by atoms with Crippen molar-refractivity contribution in [3.63, 3.8) is 0 Å². The Bertz CT molecular complexity index is 1320. The second-order valence-electron chi connectivity index (χ2n) is 17.8. The maximum Gasteiger partial charge on any atom is 0.397 e. The Kier molecular flexibility index (Phi) is 40.7. The maximum atomic E-state index is 12.9. The van der Waals surface area contributed by atoms with Crippen molar-refractivity contribution in [2.75, 3.05) is 26.4 Å². The van der Waals surface area contributed by atoms with E-state index in [1.807, 2.05) is 0 Å². The second-order valence-corrected chi connectivity index (χ2v) is 18.8. The van der Waals surface area contributed by atoms with Crippen molar-refractivity contribution in [3.8, 4) is 0 Å². The van der Waals surface area contributed by atoms with Gasteiger partial charge in [-0.25, -0.2) is 4.18 Å². The topological polar surface area (TPSA) is 178 Å². The molecule has 0 bridgehead atoms. The fourth-order valence-electron chi connectivity index (χ4n) is 7.73. The Morgan fingerprint density at radius 2 is 1.02 bits per heavy atom. The lowest BCUT2D eigenvalue weighted by atomic mass is 9.99. The van der Waals surface area contributed by atoms with Gasteiger partial charge in [-0.1, -0.05) is 178 Å². The minimum absolute atomic E-state index is 0.0254. The fourth-order valence-corrected chi connectivity index (χ4v) is 8.24. The first kappa shape index (κ1) is 61.1. The molecule has 6 unspecified atom stereocenters. The zero-order valence-electron chi connectivity index (χ0n) is 40.8. The molecule has 0 aliphatic carbocycles. The summed E-state index contributed by atoms with van der Waals surface area (Å²) < 4.78 is 59.2. The molecule has 13 heteroatoms. The van der Waals surface area contributed by atoms with Crippen LogP contribution in [0.25, 0.3) is 0 Å². The summed E-state index contributed by atoms with van der Waals surface area (Å²) in [5.41, 5.74) is 0. The molecular weight excluding hydrogens is 849 g/mol. The maximum absolute atomic E-state index is 12.9. The van der Waals surface area contributed by atoms with Gasteiger partial charge in [-0.15, -0.1) is 0 Å². The SMILES string of the molecule is CCCCCCC/C=C\C/C=C\C/C=C\CCCCCCCCCOCC(COC1OC(CO)C(O)C(OS(=O)(=O)O)C1O)OC(=O)CCCCCCC/C=C\CCCCCCCCC. The number of ether oxygens (including phenoxy) is 4. The van der Waals surface area contributed by atoms with Crippen LogP contribution >= 0.6 is 0 Å². The Balaban J connectivity index is 2.37. The second kappa shape index (κ2) is 43.3. The molecule has 1 heterocycles. The molecule has 0 aromatic heterocycles. The average molecular weight is 943 g/mol. The molecule has 1 aliphatic rings. The van der Waals surface area contributed by atoms with Gasteiger partial charge in [-0.2, -0.15) is 8.42 Å². The molecule has 0 aromatic carbocycles. The van der Waals surface area contributed by atoms with Crippen LogP contribution in [0.4, 0.5) is 0 Å². The number of aliphatic hydroxyl groups excluding tert-OH is 3. The van der Waals surface area contributed by atoms with E-state index in [2.05, 4.69) is 66.6 Å². The van der Waals surface area contributed by atoms with E-state index >= 15 is 0 Å². The van der Waals surface area contributed by atoms with Gasteiger partial charge in [0.2, 0.25) is 0 Å².